The summed E-state index contributed by atoms with van der Waals surface area (Å²) in [4.78, 5) is 21.2. The Morgan fingerprint density at radius 2 is 1.60 bits per heavy atom. The van der Waals surface area contributed by atoms with Crippen molar-refractivity contribution in [3.8, 4) is 0 Å². The molecule has 0 bridgehead atoms. The normalized spacial score (nSPS) is 8.88. The second kappa shape index (κ2) is 25.0. The Kier molecular flexibility index (Phi) is 34.9. The molecule has 0 amide bonds. The highest BCUT2D eigenvalue weighted by Crippen LogP contribution is 2.15. The molecule has 0 saturated carbocycles. The van der Waals surface area contributed by atoms with Gasteiger partial charge >= 0.3 is 20.0 Å². The van der Waals surface area contributed by atoms with Gasteiger partial charge in [-0.05, 0) is 30.8 Å². The highest BCUT2D eigenvalue weighted by Gasteiger charge is 2.05. The highest BCUT2D eigenvalue weighted by molar-refractivity contribution is 7.38. The molecule has 0 aromatic carbocycles. The summed E-state index contributed by atoms with van der Waals surface area (Å²) < 4.78 is 24.5. The molecular formula is C18H40O6P+. The number of methoxy groups -OCH3 is 1. The van der Waals surface area contributed by atoms with Gasteiger partial charge in [-0.25, -0.2) is 4.79 Å². The number of ether oxygens (including phenoxy) is 2. The van der Waals surface area contributed by atoms with Crippen LogP contribution in [0, 0.1) is 0 Å². The Labute approximate surface area is 156 Å². The van der Waals surface area contributed by atoms with Crippen molar-refractivity contribution in [2.24, 2.45) is 0 Å². The molecule has 0 aromatic rings. The molecule has 0 heterocycles. The van der Waals surface area contributed by atoms with E-state index in [1.807, 2.05) is 6.92 Å². The van der Waals surface area contributed by atoms with Gasteiger partial charge in [0.1, 0.15) is 6.61 Å². The summed E-state index contributed by atoms with van der Waals surface area (Å²) in [6.45, 7) is 9.55. The van der Waals surface area contributed by atoms with Crippen LogP contribution in [-0.2, 0) is 28.2 Å². The first-order chi connectivity index (χ1) is 10.3. The van der Waals surface area contributed by atoms with Crippen LogP contribution < -0.4 is 0 Å². The van der Waals surface area contributed by atoms with Crippen molar-refractivity contribution >= 4 is 20.0 Å². The Balaban J connectivity index is -0.0000001000. The van der Waals surface area contributed by atoms with E-state index in [-0.39, 0.29) is 34.2 Å². The van der Waals surface area contributed by atoms with Crippen LogP contribution in [0.4, 0.5) is 0 Å². The number of unbranched alkanes of at least 4 members (excludes halogenated alkanes) is 2. The van der Waals surface area contributed by atoms with E-state index in [9.17, 15) is 14.2 Å². The van der Waals surface area contributed by atoms with Gasteiger partial charge < -0.3 is 9.47 Å². The minimum atomic E-state index is -1.48. The molecule has 0 fully saturated rings. The van der Waals surface area contributed by atoms with Crippen molar-refractivity contribution in [3.05, 3.63) is 12.2 Å². The quantitative estimate of drug-likeness (QED) is 0.213. The zero-order valence-electron chi connectivity index (χ0n) is 14.1. The van der Waals surface area contributed by atoms with Crippen LogP contribution in [0.15, 0.2) is 12.2 Å². The Hall–Kier alpha value is -1.26. The van der Waals surface area contributed by atoms with Gasteiger partial charge in [-0.1, -0.05) is 42.2 Å². The van der Waals surface area contributed by atoms with Gasteiger partial charge in [-0.15, -0.1) is 4.52 Å². The third-order valence-electron chi connectivity index (χ3n) is 2.31. The van der Waals surface area contributed by atoms with E-state index in [2.05, 4.69) is 11.3 Å². The van der Waals surface area contributed by atoms with Crippen LogP contribution in [0.2, 0.25) is 0 Å². The largest absolute Gasteiger partial charge is 0.504 e. The lowest BCUT2D eigenvalue weighted by molar-refractivity contribution is -0.141. The van der Waals surface area contributed by atoms with Crippen molar-refractivity contribution in [1.82, 2.24) is 0 Å². The minimum absolute atomic E-state index is 0. The second-order valence-corrected chi connectivity index (χ2v) is 5.71. The summed E-state index contributed by atoms with van der Waals surface area (Å²) in [5.74, 6) is -0.473. The smallest absolute Gasteiger partial charge is 0.469 e. The van der Waals surface area contributed by atoms with Crippen molar-refractivity contribution < 1.29 is 28.2 Å². The fraction of sp³-hybridized carbons (Fsp3) is 0.778. The zero-order chi connectivity index (χ0) is 17.4. The van der Waals surface area contributed by atoms with Crippen molar-refractivity contribution in [2.45, 2.75) is 68.2 Å². The van der Waals surface area contributed by atoms with Crippen LogP contribution in [0.3, 0.4) is 0 Å². The third kappa shape index (κ3) is 31.1. The highest BCUT2D eigenvalue weighted by atomic mass is 31.1. The van der Waals surface area contributed by atoms with Crippen LogP contribution in [0.1, 0.15) is 68.2 Å². The van der Waals surface area contributed by atoms with Gasteiger partial charge in [0.15, 0.2) is 6.66 Å². The van der Waals surface area contributed by atoms with Crippen LogP contribution in [-0.4, -0.2) is 38.9 Å². The monoisotopic (exact) mass is 383 g/mol. The Morgan fingerprint density at radius 3 is 2.00 bits per heavy atom. The fourth-order valence-corrected chi connectivity index (χ4v) is 1.55. The first kappa shape index (κ1) is 35.0. The molecule has 0 radical (unpaired) electrons. The molecule has 1 atom stereocenters. The molecule has 0 aliphatic rings. The lowest BCUT2D eigenvalue weighted by atomic mass is 10.2. The summed E-state index contributed by atoms with van der Waals surface area (Å²) in [7, 11) is -0.0964. The van der Waals surface area contributed by atoms with E-state index in [1.165, 1.54) is 13.8 Å². The van der Waals surface area contributed by atoms with Gasteiger partial charge in [0.2, 0.25) is 0 Å². The SMILES string of the molecule is C.C.C.C=C(C)C(=O)OCCC.COC(=O)CCCCCO[P+](C)=O. The average molecular weight is 383 g/mol. The van der Waals surface area contributed by atoms with E-state index in [4.69, 9.17) is 9.26 Å². The molecule has 7 heteroatoms. The number of rotatable bonds is 10. The minimum Gasteiger partial charge on any atom is -0.469 e. The van der Waals surface area contributed by atoms with E-state index < -0.39 is 8.03 Å². The summed E-state index contributed by atoms with van der Waals surface area (Å²) in [5, 5.41) is 0. The van der Waals surface area contributed by atoms with Crippen molar-refractivity contribution in [3.63, 3.8) is 0 Å². The third-order valence-corrected chi connectivity index (χ3v) is 2.86. The summed E-state index contributed by atoms with van der Waals surface area (Å²) in [6.07, 6.45) is 3.86. The summed E-state index contributed by atoms with van der Waals surface area (Å²) in [5.41, 5.74) is 0.462. The van der Waals surface area contributed by atoms with Gasteiger partial charge in [0.05, 0.1) is 13.7 Å². The number of hydrogen-bond donors (Lipinski definition) is 0. The van der Waals surface area contributed by atoms with Crippen LogP contribution >= 0.6 is 8.03 Å². The maximum Gasteiger partial charge on any atom is 0.504 e. The second-order valence-electron chi connectivity index (χ2n) is 4.58. The standard InChI is InChI=1S/C8H16O4P.C7H12O2.3CH4/c1-11-8(9)6-4-3-5-7-12-13(2)10;1-4-5-9-7(8)6(2)3;;;/h3-7H2,1-2H3;2,4-5H2,1,3H3;3*1H4/q+1;;;;. The summed E-state index contributed by atoms with van der Waals surface area (Å²) >= 11 is 0. The van der Waals surface area contributed by atoms with Crippen LogP contribution in [0.25, 0.3) is 0 Å². The fourth-order valence-electron chi connectivity index (χ4n) is 1.16. The number of esters is 2. The van der Waals surface area contributed by atoms with E-state index in [0.717, 1.165) is 25.7 Å². The molecule has 0 spiro atoms. The molecule has 0 saturated heterocycles. The lowest BCUT2D eigenvalue weighted by Crippen LogP contribution is -2.04. The molecule has 1 unspecified atom stereocenters. The predicted octanol–water partition coefficient (Wildman–Crippen LogP) is 5.53. The van der Waals surface area contributed by atoms with Crippen LogP contribution in [0.5, 0.6) is 0 Å². The average Bonchev–Trinajstić information content (AvgIpc) is 2.48. The van der Waals surface area contributed by atoms with E-state index in [0.29, 0.717) is 25.2 Å². The van der Waals surface area contributed by atoms with Gasteiger partial charge in [-0.3, -0.25) is 4.79 Å². The maximum atomic E-state index is 10.7. The molecule has 0 N–H and O–H groups in total. The number of carbonyl (C=O) groups excluding carboxylic acids is 2. The lowest BCUT2D eigenvalue weighted by Gasteiger charge is -1.99. The molecule has 0 aromatic heterocycles. The number of carbonyl (C=O) groups is 2. The molecular weight excluding hydrogens is 343 g/mol. The zero-order valence-corrected chi connectivity index (χ0v) is 14.9. The Bertz CT molecular complexity index is 355. The topological polar surface area (TPSA) is 78.9 Å². The molecule has 0 aliphatic heterocycles. The van der Waals surface area contributed by atoms with E-state index >= 15 is 0 Å². The molecule has 0 rings (SSSR count). The number of hydrogen-bond acceptors (Lipinski definition) is 6. The van der Waals surface area contributed by atoms with Gasteiger partial charge in [-0.2, -0.15) is 0 Å². The predicted molar refractivity (Wildman–Crippen MR) is 106 cm³/mol. The first-order valence-corrected chi connectivity index (χ1v) is 8.90. The van der Waals surface area contributed by atoms with Gasteiger partial charge in [0, 0.05) is 12.0 Å². The molecule has 25 heavy (non-hydrogen) atoms. The van der Waals surface area contributed by atoms with Gasteiger partial charge in [0.25, 0.3) is 0 Å². The summed E-state index contributed by atoms with van der Waals surface area (Å²) in [6, 6.07) is 0. The maximum absolute atomic E-state index is 10.7. The van der Waals surface area contributed by atoms with E-state index in [1.54, 1.807) is 6.92 Å². The molecule has 0 aliphatic carbocycles. The molecule has 6 nitrogen and oxygen atoms in total. The Morgan fingerprint density at radius 1 is 1.04 bits per heavy atom. The van der Waals surface area contributed by atoms with Crippen molar-refractivity contribution in [2.75, 3.05) is 27.0 Å². The first-order valence-electron chi connectivity index (χ1n) is 7.28. The molecule has 152 valence electrons. The van der Waals surface area contributed by atoms with Crippen molar-refractivity contribution in [1.29, 1.82) is 0 Å².